The van der Waals surface area contributed by atoms with Crippen molar-refractivity contribution in [3.63, 3.8) is 0 Å². The third-order valence-corrected chi connectivity index (χ3v) is 5.34. The van der Waals surface area contributed by atoms with Gasteiger partial charge in [0.15, 0.2) is 0 Å². The Balaban J connectivity index is 1.49. The summed E-state index contributed by atoms with van der Waals surface area (Å²) >= 11 is 0. The van der Waals surface area contributed by atoms with Crippen LogP contribution in [0.4, 0.5) is 14.6 Å². The van der Waals surface area contributed by atoms with Gasteiger partial charge in [0.2, 0.25) is 0 Å². The average molecular weight is 392 g/mol. The van der Waals surface area contributed by atoms with Crippen molar-refractivity contribution in [2.45, 2.75) is 26.0 Å². The minimum absolute atomic E-state index is 0.298. The molecule has 2 unspecified atom stereocenters. The SMILES string of the molecule is CCOC(=O)c1cnn(Cc2ccc(N3CC4C(C3)C4(F)F)nc2COC)c1. The highest BCUT2D eigenvalue weighted by molar-refractivity contribution is 5.88. The van der Waals surface area contributed by atoms with E-state index in [2.05, 4.69) is 10.1 Å². The zero-order valence-corrected chi connectivity index (χ0v) is 15.8. The summed E-state index contributed by atoms with van der Waals surface area (Å²) in [4.78, 5) is 18.3. The minimum Gasteiger partial charge on any atom is -0.462 e. The van der Waals surface area contributed by atoms with Crippen LogP contribution >= 0.6 is 0 Å². The van der Waals surface area contributed by atoms with E-state index in [1.165, 1.54) is 6.20 Å². The first-order valence-electron chi connectivity index (χ1n) is 9.24. The number of pyridine rings is 1. The Kier molecular flexibility index (Phi) is 4.78. The molecule has 2 aliphatic rings. The predicted octanol–water partition coefficient (Wildman–Crippen LogP) is 2.35. The molecule has 4 rings (SSSR count). The van der Waals surface area contributed by atoms with Gasteiger partial charge in [-0.25, -0.2) is 18.6 Å². The highest BCUT2D eigenvalue weighted by atomic mass is 19.3. The maximum atomic E-state index is 13.4. The second-order valence-electron chi connectivity index (χ2n) is 7.15. The number of rotatable bonds is 7. The van der Waals surface area contributed by atoms with Gasteiger partial charge >= 0.3 is 5.97 Å². The van der Waals surface area contributed by atoms with E-state index in [4.69, 9.17) is 9.47 Å². The summed E-state index contributed by atoms with van der Waals surface area (Å²) in [5, 5.41) is 4.20. The zero-order chi connectivity index (χ0) is 19.9. The van der Waals surface area contributed by atoms with E-state index in [9.17, 15) is 13.6 Å². The molecule has 150 valence electrons. The molecule has 0 N–H and O–H groups in total. The molecule has 9 heteroatoms. The second kappa shape index (κ2) is 7.12. The Bertz CT molecular complexity index is 872. The number of esters is 1. The maximum absolute atomic E-state index is 13.4. The van der Waals surface area contributed by atoms with Gasteiger partial charge in [0, 0.05) is 26.4 Å². The summed E-state index contributed by atoms with van der Waals surface area (Å²) in [6.45, 7) is 3.42. The van der Waals surface area contributed by atoms with Crippen LogP contribution in [0.3, 0.4) is 0 Å². The lowest BCUT2D eigenvalue weighted by Gasteiger charge is -2.22. The van der Waals surface area contributed by atoms with E-state index in [0.717, 1.165) is 11.3 Å². The molecule has 1 aliphatic carbocycles. The number of methoxy groups -OCH3 is 1. The standard InChI is InChI=1S/C19H22F2N4O3/c1-3-28-18(26)13-6-22-25(8-13)7-12-4-5-17(23-16(12)11-27-2)24-9-14-15(10-24)19(14,20)21/h4-6,8,14-15H,3,7,9-11H2,1-2H3. The molecular formula is C19H22F2N4O3. The van der Waals surface area contributed by atoms with Crippen molar-refractivity contribution < 1.29 is 23.0 Å². The normalized spacial score (nSPS) is 22.2. The molecule has 0 spiro atoms. The summed E-state index contributed by atoms with van der Waals surface area (Å²) in [5.41, 5.74) is 2.00. The van der Waals surface area contributed by atoms with E-state index in [0.29, 0.717) is 44.2 Å². The van der Waals surface area contributed by atoms with Gasteiger partial charge in [-0.3, -0.25) is 4.68 Å². The van der Waals surface area contributed by atoms with Gasteiger partial charge in [-0.15, -0.1) is 0 Å². The molecule has 2 atom stereocenters. The molecule has 0 amide bonds. The van der Waals surface area contributed by atoms with E-state index >= 15 is 0 Å². The van der Waals surface area contributed by atoms with Crippen LogP contribution < -0.4 is 4.90 Å². The van der Waals surface area contributed by atoms with Crippen molar-refractivity contribution in [3.8, 4) is 0 Å². The first-order valence-corrected chi connectivity index (χ1v) is 9.24. The van der Waals surface area contributed by atoms with E-state index in [1.54, 1.807) is 24.9 Å². The summed E-state index contributed by atoms with van der Waals surface area (Å²) in [6.07, 6.45) is 3.09. The lowest BCUT2D eigenvalue weighted by Crippen LogP contribution is -2.28. The van der Waals surface area contributed by atoms with Crippen LogP contribution in [0.1, 0.15) is 28.5 Å². The summed E-state index contributed by atoms with van der Waals surface area (Å²) < 4.78 is 38.7. The fraction of sp³-hybridized carbons (Fsp3) is 0.526. The van der Waals surface area contributed by atoms with Crippen LogP contribution in [-0.2, 0) is 22.6 Å². The highest BCUT2D eigenvalue weighted by Gasteiger charge is 2.71. The van der Waals surface area contributed by atoms with Crippen LogP contribution in [0.25, 0.3) is 0 Å². The Morgan fingerprint density at radius 2 is 2.07 bits per heavy atom. The van der Waals surface area contributed by atoms with Gasteiger partial charge < -0.3 is 14.4 Å². The highest BCUT2D eigenvalue weighted by Crippen LogP contribution is 2.59. The number of fused-ring (bicyclic) bond motifs is 1. The van der Waals surface area contributed by atoms with Crippen LogP contribution in [0, 0.1) is 11.8 Å². The van der Waals surface area contributed by atoms with Crippen molar-refractivity contribution in [1.29, 1.82) is 0 Å². The third kappa shape index (κ3) is 3.34. The summed E-state index contributed by atoms with van der Waals surface area (Å²) in [6, 6.07) is 3.75. The number of hydrogen-bond acceptors (Lipinski definition) is 6. The van der Waals surface area contributed by atoms with Crippen LogP contribution in [0.15, 0.2) is 24.5 Å². The van der Waals surface area contributed by atoms with E-state index in [1.807, 2.05) is 17.0 Å². The molecule has 1 aliphatic heterocycles. The van der Waals surface area contributed by atoms with Gasteiger partial charge in [0.25, 0.3) is 5.92 Å². The molecule has 3 heterocycles. The minimum atomic E-state index is -2.51. The molecule has 2 aromatic rings. The number of carbonyl (C=O) groups excluding carboxylic acids is 1. The fourth-order valence-corrected chi connectivity index (χ4v) is 3.74. The molecular weight excluding hydrogens is 370 g/mol. The fourth-order valence-electron chi connectivity index (χ4n) is 3.74. The molecule has 0 aromatic carbocycles. The number of carbonyl (C=O) groups is 1. The van der Waals surface area contributed by atoms with Crippen molar-refractivity contribution in [1.82, 2.24) is 14.8 Å². The molecule has 2 aromatic heterocycles. The van der Waals surface area contributed by atoms with Gasteiger partial charge in [-0.05, 0) is 18.6 Å². The second-order valence-corrected chi connectivity index (χ2v) is 7.15. The largest absolute Gasteiger partial charge is 0.462 e. The Morgan fingerprint density at radius 1 is 1.32 bits per heavy atom. The Morgan fingerprint density at radius 3 is 2.75 bits per heavy atom. The number of alkyl halides is 2. The Labute approximate surface area is 161 Å². The number of ether oxygens (including phenoxy) is 2. The van der Waals surface area contributed by atoms with E-state index < -0.39 is 23.7 Å². The smallest absolute Gasteiger partial charge is 0.341 e. The van der Waals surface area contributed by atoms with Crippen molar-refractivity contribution in [3.05, 3.63) is 41.3 Å². The zero-order valence-electron chi connectivity index (χ0n) is 15.8. The molecule has 2 fully saturated rings. The molecule has 0 bridgehead atoms. The topological polar surface area (TPSA) is 69.5 Å². The van der Waals surface area contributed by atoms with Gasteiger partial charge in [0.05, 0.1) is 49.0 Å². The number of aromatic nitrogens is 3. The molecule has 28 heavy (non-hydrogen) atoms. The summed E-state index contributed by atoms with van der Waals surface area (Å²) in [7, 11) is 1.58. The molecule has 1 saturated carbocycles. The van der Waals surface area contributed by atoms with Gasteiger partial charge in [-0.2, -0.15) is 5.10 Å². The monoisotopic (exact) mass is 392 g/mol. The number of anilines is 1. The first kappa shape index (κ1) is 18.8. The van der Waals surface area contributed by atoms with Crippen molar-refractivity contribution in [2.24, 2.45) is 11.8 Å². The lowest BCUT2D eigenvalue weighted by molar-refractivity contribution is 0.0526. The summed E-state index contributed by atoms with van der Waals surface area (Å²) in [5.74, 6) is -3.34. The van der Waals surface area contributed by atoms with Crippen molar-refractivity contribution in [2.75, 3.05) is 31.7 Å². The molecule has 1 saturated heterocycles. The lowest BCUT2D eigenvalue weighted by atomic mass is 10.2. The third-order valence-electron chi connectivity index (χ3n) is 5.34. The maximum Gasteiger partial charge on any atom is 0.341 e. The molecule has 7 nitrogen and oxygen atoms in total. The number of piperidine rings is 1. The van der Waals surface area contributed by atoms with Crippen molar-refractivity contribution >= 4 is 11.8 Å². The average Bonchev–Trinajstić information content (AvgIpc) is 3.13. The van der Waals surface area contributed by atoms with Gasteiger partial charge in [-0.1, -0.05) is 6.07 Å². The Hall–Kier alpha value is -2.55. The van der Waals surface area contributed by atoms with E-state index in [-0.39, 0.29) is 0 Å². The molecule has 0 radical (unpaired) electrons. The number of hydrogen-bond donors (Lipinski definition) is 0. The van der Waals surface area contributed by atoms with Crippen LogP contribution in [-0.4, -0.2) is 53.5 Å². The number of halogens is 2. The van der Waals surface area contributed by atoms with Crippen LogP contribution in [0.2, 0.25) is 0 Å². The first-order chi connectivity index (χ1) is 13.4. The van der Waals surface area contributed by atoms with Gasteiger partial charge in [0.1, 0.15) is 5.82 Å². The number of nitrogens with zero attached hydrogens (tertiary/aromatic N) is 4. The predicted molar refractivity (Wildman–Crippen MR) is 96.4 cm³/mol. The quantitative estimate of drug-likeness (QED) is 0.674. The van der Waals surface area contributed by atoms with Crippen LogP contribution in [0.5, 0.6) is 0 Å².